The molecule has 0 aliphatic heterocycles. The Morgan fingerprint density at radius 2 is 1.93 bits per heavy atom. The van der Waals surface area contributed by atoms with Gasteiger partial charge in [-0.3, -0.25) is 4.79 Å². The van der Waals surface area contributed by atoms with Gasteiger partial charge in [-0.1, -0.05) is 17.7 Å². The number of amides is 1. The first-order valence-corrected chi connectivity index (χ1v) is 8.97. The number of halogens is 3. The summed E-state index contributed by atoms with van der Waals surface area (Å²) in [7, 11) is 0. The lowest BCUT2D eigenvalue weighted by molar-refractivity contribution is -0.122. The average Bonchev–Trinajstić information content (AvgIpc) is 3.00. The van der Waals surface area contributed by atoms with Crippen LogP contribution in [0.25, 0.3) is 5.69 Å². The minimum atomic E-state index is -0.666. The minimum absolute atomic E-state index is 0.00206. The molecule has 1 amide bonds. The third kappa shape index (κ3) is 4.52. The van der Waals surface area contributed by atoms with E-state index in [1.165, 1.54) is 36.4 Å². The van der Waals surface area contributed by atoms with E-state index in [9.17, 15) is 23.5 Å². The third-order valence-corrected chi connectivity index (χ3v) is 4.55. The van der Waals surface area contributed by atoms with Gasteiger partial charge in [-0.15, -0.1) is 0 Å². The van der Waals surface area contributed by atoms with Crippen LogP contribution in [0.15, 0.2) is 47.3 Å². The maximum Gasteiger partial charge on any atom is 0.351 e. The van der Waals surface area contributed by atoms with E-state index in [-0.39, 0.29) is 10.8 Å². The summed E-state index contributed by atoms with van der Waals surface area (Å²) in [6.45, 7) is 0.682. The predicted molar refractivity (Wildman–Crippen MR) is 102 cm³/mol. The molecule has 0 saturated heterocycles. The van der Waals surface area contributed by atoms with E-state index in [2.05, 4.69) is 10.4 Å². The van der Waals surface area contributed by atoms with Gasteiger partial charge in [0.1, 0.15) is 24.8 Å². The number of aliphatic hydroxyl groups is 1. The fourth-order valence-electron chi connectivity index (χ4n) is 2.80. The van der Waals surface area contributed by atoms with Crippen LogP contribution in [0.4, 0.5) is 8.78 Å². The number of carbonyl (C=O) groups is 1. The van der Waals surface area contributed by atoms with E-state index >= 15 is 0 Å². The Hall–Kier alpha value is -3.04. The Balaban J connectivity index is 1.79. The molecule has 2 aromatic carbocycles. The van der Waals surface area contributed by atoms with Gasteiger partial charge in [0.15, 0.2) is 5.82 Å². The molecule has 0 unspecified atom stereocenters. The van der Waals surface area contributed by atoms with E-state index < -0.39 is 42.4 Å². The zero-order valence-corrected chi connectivity index (χ0v) is 16.0. The molecule has 2 N–H and O–H groups in total. The first-order chi connectivity index (χ1) is 13.8. The number of nitrogens with one attached hydrogen (secondary N) is 1. The Bertz CT molecular complexity index is 1100. The third-order valence-electron chi connectivity index (χ3n) is 4.25. The van der Waals surface area contributed by atoms with E-state index in [4.69, 9.17) is 11.6 Å². The normalized spacial score (nSPS) is 12.0. The fourth-order valence-corrected chi connectivity index (χ4v) is 2.91. The van der Waals surface area contributed by atoms with Crippen molar-refractivity contribution in [2.75, 3.05) is 0 Å². The molecular formula is C19H17ClF2N4O3. The number of carbonyl (C=O) groups excluding carboxylic acids is 1. The summed E-state index contributed by atoms with van der Waals surface area (Å²) < 4.78 is 28.7. The second-order valence-corrected chi connectivity index (χ2v) is 6.70. The van der Waals surface area contributed by atoms with Crippen LogP contribution < -0.4 is 11.0 Å². The number of rotatable bonds is 6. The molecule has 0 bridgehead atoms. The van der Waals surface area contributed by atoms with Crippen molar-refractivity contribution in [2.45, 2.75) is 26.1 Å². The van der Waals surface area contributed by atoms with Crippen LogP contribution in [0, 0.1) is 11.6 Å². The summed E-state index contributed by atoms with van der Waals surface area (Å²) >= 11 is 5.65. The molecule has 1 atom stereocenters. The van der Waals surface area contributed by atoms with Crippen LogP contribution in [0.3, 0.4) is 0 Å². The largest absolute Gasteiger partial charge is 0.388 e. The number of hydrogen-bond acceptors (Lipinski definition) is 4. The molecule has 0 aliphatic carbocycles. The van der Waals surface area contributed by atoms with Crippen molar-refractivity contribution in [1.29, 1.82) is 0 Å². The topological polar surface area (TPSA) is 89.2 Å². The zero-order chi connectivity index (χ0) is 21.1. The van der Waals surface area contributed by atoms with E-state index in [0.717, 1.165) is 9.25 Å². The van der Waals surface area contributed by atoms with Crippen molar-refractivity contribution in [2.24, 2.45) is 0 Å². The first-order valence-electron chi connectivity index (χ1n) is 8.60. The maximum absolute atomic E-state index is 13.6. The highest BCUT2D eigenvalue weighted by atomic mass is 35.5. The minimum Gasteiger partial charge on any atom is -0.388 e. The van der Waals surface area contributed by atoms with Crippen molar-refractivity contribution in [3.8, 4) is 5.69 Å². The van der Waals surface area contributed by atoms with Gasteiger partial charge in [-0.25, -0.2) is 22.8 Å². The van der Waals surface area contributed by atoms with Gasteiger partial charge in [0.25, 0.3) is 0 Å². The summed E-state index contributed by atoms with van der Waals surface area (Å²) in [5, 5.41) is 16.1. The Morgan fingerprint density at radius 3 is 2.55 bits per heavy atom. The average molecular weight is 423 g/mol. The molecule has 0 radical (unpaired) electrons. The Labute approximate surface area is 169 Å². The van der Waals surface area contributed by atoms with Crippen LogP contribution >= 0.6 is 11.6 Å². The number of aromatic nitrogens is 3. The number of benzene rings is 2. The van der Waals surface area contributed by atoms with E-state index in [0.29, 0.717) is 11.3 Å². The van der Waals surface area contributed by atoms with Crippen LogP contribution in [-0.4, -0.2) is 25.4 Å². The summed E-state index contributed by atoms with van der Waals surface area (Å²) in [6, 6.07) is 8.69. The molecule has 1 aromatic heterocycles. The highest BCUT2D eigenvalue weighted by molar-refractivity contribution is 6.30. The van der Waals surface area contributed by atoms with Gasteiger partial charge in [-0.05, 0) is 48.9 Å². The summed E-state index contributed by atoms with van der Waals surface area (Å²) in [5.74, 6) is -1.62. The highest BCUT2D eigenvalue weighted by Gasteiger charge is 2.18. The van der Waals surface area contributed by atoms with Gasteiger partial charge in [0, 0.05) is 0 Å². The molecule has 0 aliphatic rings. The molecule has 3 rings (SSSR count). The molecule has 1 heterocycles. The SMILES string of the molecule is C[C@H](NC(=O)Cn1nc(CO)n(-c2ccc(F)cc2)c1=O)c1ccc(Cl)c(F)c1. The summed E-state index contributed by atoms with van der Waals surface area (Å²) in [4.78, 5) is 25.0. The van der Waals surface area contributed by atoms with Gasteiger partial charge < -0.3 is 10.4 Å². The van der Waals surface area contributed by atoms with Crippen LogP contribution in [0.5, 0.6) is 0 Å². The van der Waals surface area contributed by atoms with Gasteiger partial charge in [-0.2, -0.15) is 5.10 Å². The molecule has 152 valence electrons. The smallest absolute Gasteiger partial charge is 0.351 e. The number of nitrogens with zero attached hydrogens (tertiary/aromatic N) is 3. The predicted octanol–water partition coefficient (Wildman–Crippen LogP) is 2.34. The first kappa shape index (κ1) is 20.7. The number of hydrogen-bond donors (Lipinski definition) is 2. The van der Waals surface area contributed by atoms with Gasteiger partial charge >= 0.3 is 5.69 Å². The van der Waals surface area contributed by atoms with Gasteiger partial charge in [0.05, 0.1) is 16.8 Å². The molecule has 7 nitrogen and oxygen atoms in total. The zero-order valence-electron chi connectivity index (χ0n) is 15.3. The second kappa shape index (κ2) is 8.54. The quantitative estimate of drug-likeness (QED) is 0.638. The van der Waals surface area contributed by atoms with Crippen LogP contribution in [0.1, 0.15) is 24.4 Å². The number of aliphatic hydroxyl groups excluding tert-OH is 1. The van der Waals surface area contributed by atoms with Crippen molar-refractivity contribution >= 4 is 17.5 Å². The van der Waals surface area contributed by atoms with E-state index in [1.807, 2.05) is 0 Å². The lowest BCUT2D eigenvalue weighted by Crippen LogP contribution is -2.34. The monoisotopic (exact) mass is 422 g/mol. The Kier molecular flexibility index (Phi) is 6.09. The summed E-state index contributed by atoms with van der Waals surface area (Å²) in [6.07, 6.45) is 0. The van der Waals surface area contributed by atoms with Crippen molar-refractivity contribution in [3.63, 3.8) is 0 Å². The standard InChI is InChI=1S/C19H17ClF2N4O3/c1-11(12-2-7-15(20)16(22)8-12)23-18(28)9-25-19(29)26(17(10-27)24-25)14-5-3-13(21)4-6-14/h2-8,11,27H,9-10H2,1H3,(H,23,28)/t11-/m0/s1. The van der Waals surface area contributed by atoms with Crippen molar-refractivity contribution < 1.29 is 18.7 Å². The molecule has 0 fully saturated rings. The fraction of sp³-hybridized carbons (Fsp3) is 0.211. The van der Waals surface area contributed by atoms with Crippen molar-refractivity contribution in [3.05, 3.63) is 81.0 Å². The van der Waals surface area contributed by atoms with E-state index in [1.54, 1.807) is 13.0 Å². The maximum atomic E-state index is 13.6. The lowest BCUT2D eigenvalue weighted by atomic mass is 10.1. The molecule has 3 aromatic rings. The van der Waals surface area contributed by atoms with Crippen LogP contribution in [0.2, 0.25) is 5.02 Å². The molecular weight excluding hydrogens is 406 g/mol. The summed E-state index contributed by atoms with van der Waals surface area (Å²) in [5.41, 5.74) is 0.138. The van der Waals surface area contributed by atoms with Crippen molar-refractivity contribution in [1.82, 2.24) is 19.7 Å². The lowest BCUT2D eigenvalue weighted by Gasteiger charge is -2.14. The highest BCUT2D eigenvalue weighted by Crippen LogP contribution is 2.20. The molecule has 10 heteroatoms. The second-order valence-electron chi connectivity index (χ2n) is 6.29. The van der Waals surface area contributed by atoms with Crippen LogP contribution in [-0.2, 0) is 17.9 Å². The molecule has 0 saturated carbocycles. The Morgan fingerprint density at radius 1 is 1.24 bits per heavy atom. The van der Waals surface area contributed by atoms with Gasteiger partial charge in [0.2, 0.25) is 5.91 Å². The molecule has 0 spiro atoms. The molecule has 29 heavy (non-hydrogen) atoms.